The van der Waals surface area contributed by atoms with E-state index in [1.54, 1.807) is 24.3 Å². The van der Waals surface area contributed by atoms with E-state index in [-0.39, 0.29) is 51.7 Å². The number of ether oxygens (including phenoxy) is 3. The van der Waals surface area contributed by atoms with E-state index in [0.717, 1.165) is 0 Å². The van der Waals surface area contributed by atoms with Crippen molar-refractivity contribution in [1.29, 1.82) is 0 Å². The van der Waals surface area contributed by atoms with E-state index < -0.39 is 12.1 Å². The lowest BCUT2D eigenvalue weighted by atomic mass is 9.82. The summed E-state index contributed by atoms with van der Waals surface area (Å²) in [6, 6.07) is 7.92. The number of hydrogen-bond acceptors (Lipinski definition) is 6. The number of phenols is 1. The summed E-state index contributed by atoms with van der Waals surface area (Å²) >= 11 is 0. The maximum absolute atomic E-state index is 13.1. The Morgan fingerprint density at radius 3 is 2.04 bits per heavy atom. The highest BCUT2D eigenvalue weighted by Crippen LogP contribution is 2.45. The van der Waals surface area contributed by atoms with Gasteiger partial charge in [0.05, 0.1) is 36.0 Å². The molecule has 0 bridgehead atoms. The number of benzene rings is 2. The fourth-order valence-electron chi connectivity index (χ4n) is 3.45. The zero-order chi connectivity index (χ0) is 18.6. The van der Waals surface area contributed by atoms with Crippen LogP contribution in [0.3, 0.4) is 0 Å². The van der Waals surface area contributed by atoms with E-state index in [1.807, 2.05) is 13.8 Å². The molecule has 1 N–H and O–H groups in total. The smallest absolute Gasteiger partial charge is 0.198 e. The van der Waals surface area contributed by atoms with Gasteiger partial charge in [0.1, 0.15) is 11.5 Å². The van der Waals surface area contributed by atoms with E-state index >= 15 is 0 Å². The number of carbonyl (C=O) groups excluding carboxylic acids is 2. The predicted molar refractivity (Wildman–Crippen MR) is 91.8 cm³/mol. The molecule has 0 radical (unpaired) electrons. The molecule has 2 aliphatic rings. The third kappa shape index (κ3) is 2.26. The molecule has 1 fully saturated rings. The second-order valence-electron chi connectivity index (χ2n) is 6.49. The highest BCUT2D eigenvalue weighted by Gasteiger charge is 2.40. The minimum atomic E-state index is -0.786. The molecular weight excluding hydrogens is 336 g/mol. The molecule has 134 valence electrons. The third-order valence-corrected chi connectivity index (χ3v) is 4.95. The highest BCUT2D eigenvalue weighted by molar-refractivity contribution is 6.30. The normalized spacial score (nSPS) is 22.3. The first-order valence-electron chi connectivity index (χ1n) is 8.37. The van der Waals surface area contributed by atoms with E-state index in [0.29, 0.717) is 5.56 Å². The molecule has 2 atom stereocenters. The standard InChI is InChI=1S/C20H18O6/c1-9-10(2)26-20(25-9)13-8-14(21)15-16(19(13)24-3)18(23)12-7-5-4-6-11(12)17(15)22/h4-10,20-21H,1-3H3/t9-,10-/m1/s1. The molecule has 1 aliphatic heterocycles. The van der Waals surface area contributed by atoms with Crippen LogP contribution in [0.1, 0.15) is 57.5 Å². The van der Waals surface area contributed by atoms with Gasteiger partial charge in [-0.05, 0) is 19.9 Å². The van der Waals surface area contributed by atoms with Gasteiger partial charge in [-0.15, -0.1) is 0 Å². The van der Waals surface area contributed by atoms with Crippen LogP contribution in [-0.2, 0) is 9.47 Å². The van der Waals surface area contributed by atoms with Gasteiger partial charge in [-0.2, -0.15) is 0 Å². The first kappa shape index (κ1) is 16.8. The molecule has 1 saturated heterocycles. The minimum Gasteiger partial charge on any atom is -0.507 e. The van der Waals surface area contributed by atoms with E-state index in [1.165, 1.54) is 13.2 Å². The number of ketones is 2. The number of carbonyl (C=O) groups is 2. The summed E-state index contributed by atoms with van der Waals surface area (Å²) in [5.41, 5.74) is 0.944. The summed E-state index contributed by atoms with van der Waals surface area (Å²) in [4.78, 5) is 25.9. The van der Waals surface area contributed by atoms with Crippen LogP contribution < -0.4 is 4.74 Å². The molecular formula is C20H18O6. The molecule has 0 saturated carbocycles. The predicted octanol–water partition coefficient (Wildman–Crippen LogP) is 3.00. The van der Waals surface area contributed by atoms with Crippen LogP contribution in [-0.4, -0.2) is 36.0 Å². The van der Waals surface area contributed by atoms with E-state index in [9.17, 15) is 14.7 Å². The molecule has 2 aromatic rings. The van der Waals surface area contributed by atoms with Gasteiger partial charge in [0, 0.05) is 11.1 Å². The first-order chi connectivity index (χ1) is 12.4. The van der Waals surface area contributed by atoms with Crippen molar-refractivity contribution in [2.45, 2.75) is 32.3 Å². The summed E-state index contributed by atoms with van der Waals surface area (Å²) in [5, 5.41) is 10.5. The summed E-state index contributed by atoms with van der Waals surface area (Å²) in [6.07, 6.45) is -1.09. The van der Waals surface area contributed by atoms with Crippen molar-refractivity contribution in [2.75, 3.05) is 7.11 Å². The van der Waals surface area contributed by atoms with Gasteiger partial charge in [-0.3, -0.25) is 9.59 Å². The van der Waals surface area contributed by atoms with Gasteiger partial charge in [0.15, 0.2) is 17.9 Å². The van der Waals surface area contributed by atoms with Crippen LogP contribution in [0, 0.1) is 0 Å². The summed E-state index contributed by atoms with van der Waals surface area (Å²) in [5.74, 6) is -0.879. The average molecular weight is 354 g/mol. The molecule has 0 aromatic heterocycles. The molecule has 1 heterocycles. The Morgan fingerprint density at radius 1 is 0.962 bits per heavy atom. The summed E-state index contributed by atoms with van der Waals surface area (Å²) < 4.78 is 17.0. The summed E-state index contributed by atoms with van der Waals surface area (Å²) in [6.45, 7) is 3.75. The van der Waals surface area contributed by atoms with Crippen LogP contribution in [0.5, 0.6) is 11.5 Å². The van der Waals surface area contributed by atoms with Gasteiger partial charge in [0.2, 0.25) is 0 Å². The number of methoxy groups -OCH3 is 1. The van der Waals surface area contributed by atoms with Gasteiger partial charge in [-0.1, -0.05) is 24.3 Å². The molecule has 6 nitrogen and oxygen atoms in total. The largest absolute Gasteiger partial charge is 0.507 e. The summed E-state index contributed by atoms with van der Waals surface area (Å²) in [7, 11) is 1.41. The number of aromatic hydroxyl groups is 1. The van der Waals surface area contributed by atoms with Crippen molar-refractivity contribution < 1.29 is 28.9 Å². The monoisotopic (exact) mass is 354 g/mol. The lowest BCUT2D eigenvalue weighted by Gasteiger charge is -2.24. The minimum absolute atomic E-state index is 0.0469. The highest BCUT2D eigenvalue weighted by atomic mass is 16.7. The number of phenolic OH excluding ortho intramolecular Hbond substituents is 1. The van der Waals surface area contributed by atoms with Gasteiger partial charge in [-0.25, -0.2) is 0 Å². The topological polar surface area (TPSA) is 82.1 Å². The molecule has 0 unspecified atom stereocenters. The molecule has 26 heavy (non-hydrogen) atoms. The molecule has 4 rings (SSSR count). The van der Waals surface area contributed by atoms with Crippen molar-refractivity contribution in [1.82, 2.24) is 0 Å². The number of fused-ring (bicyclic) bond motifs is 2. The Hall–Kier alpha value is -2.70. The Kier molecular flexibility index (Phi) is 3.82. The van der Waals surface area contributed by atoms with Gasteiger partial charge < -0.3 is 19.3 Å². The van der Waals surface area contributed by atoms with E-state index in [2.05, 4.69) is 0 Å². The zero-order valence-electron chi connectivity index (χ0n) is 14.6. The second kappa shape index (κ2) is 5.93. The van der Waals surface area contributed by atoms with E-state index in [4.69, 9.17) is 14.2 Å². The number of rotatable bonds is 2. The van der Waals surface area contributed by atoms with Crippen LogP contribution in [0.15, 0.2) is 30.3 Å². The molecule has 0 spiro atoms. The molecule has 2 aromatic carbocycles. The fourth-order valence-corrected chi connectivity index (χ4v) is 3.45. The van der Waals surface area contributed by atoms with Crippen LogP contribution >= 0.6 is 0 Å². The van der Waals surface area contributed by atoms with Crippen molar-refractivity contribution in [3.05, 3.63) is 58.1 Å². The van der Waals surface area contributed by atoms with Crippen molar-refractivity contribution >= 4 is 11.6 Å². The average Bonchev–Trinajstić information content (AvgIpc) is 2.97. The maximum atomic E-state index is 13.1. The Bertz CT molecular complexity index is 922. The molecule has 6 heteroatoms. The van der Waals surface area contributed by atoms with Gasteiger partial charge >= 0.3 is 0 Å². The maximum Gasteiger partial charge on any atom is 0.198 e. The zero-order valence-corrected chi connectivity index (χ0v) is 14.6. The Morgan fingerprint density at radius 2 is 1.50 bits per heavy atom. The quantitative estimate of drug-likeness (QED) is 0.762. The first-order valence-corrected chi connectivity index (χ1v) is 8.37. The lowest BCUT2D eigenvalue weighted by Crippen LogP contribution is -2.23. The van der Waals surface area contributed by atoms with Crippen LogP contribution in [0.25, 0.3) is 0 Å². The second-order valence-corrected chi connectivity index (χ2v) is 6.49. The molecule has 0 amide bonds. The third-order valence-electron chi connectivity index (χ3n) is 4.95. The van der Waals surface area contributed by atoms with Crippen LogP contribution in [0.2, 0.25) is 0 Å². The van der Waals surface area contributed by atoms with Crippen molar-refractivity contribution in [3.8, 4) is 11.5 Å². The fraction of sp³-hybridized carbons (Fsp3) is 0.300. The van der Waals surface area contributed by atoms with Crippen LogP contribution in [0.4, 0.5) is 0 Å². The van der Waals surface area contributed by atoms with Crippen molar-refractivity contribution in [3.63, 3.8) is 0 Å². The Labute approximate surface area is 150 Å². The Balaban J connectivity index is 1.94. The number of hydrogen-bond donors (Lipinski definition) is 1. The van der Waals surface area contributed by atoms with Gasteiger partial charge in [0.25, 0.3) is 0 Å². The molecule has 1 aliphatic carbocycles. The lowest BCUT2D eigenvalue weighted by molar-refractivity contribution is -0.0666. The van der Waals surface area contributed by atoms with Crippen molar-refractivity contribution in [2.24, 2.45) is 0 Å². The SMILES string of the molecule is COc1c(C2O[C@H](C)[C@@H](C)O2)cc(O)c2c1C(=O)c1ccccc1C2=O.